The monoisotopic (exact) mass is 852 g/mol. The number of rotatable bonds is 8. The van der Waals surface area contributed by atoms with E-state index in [-0.39, 0.29) is 0 Å². The Labute approximate surface area is 390 Å². The van der Waals surface area contributed by atoms with E-state index in [1.807, 2.05) is 0 Å². The van der Waals surface area contributed by atoms with E-state index >= 15 is 0 Å². The van der Waals surface area contributed by atoms with Crippen LogP contribution in [0.4, 0.5) is 17.1 Å². The highest BCUT2D eigenvalue weighted by atomic mass is 15.1. The van der Waals surface area contributed by atoms with Gasteiger partial charge in [0, 0.05) is 38.9 Å². The van der Waals surface area contributed by atoms with Crippen LogP contribution in [-0.4, -0.2) is 4.57 Å². The predicted octanol–water partition coefficient (Wildman–Crippen LogP) is 17.1. The van der Waals surface area contributed by atoms with Crippen LogP contribution in [0.1, 0.15) is 22.3 Å². The van der Waals surface area contributed by atoms with Crippen LogP contribution < -0.4 is 4.90 Å². The highest BCUT2D eigenvalue weighted by molar-refractivity contribution is 6.18. The second kappa shape index (κ2) is 15.8. The molecule has 0 N–H and O–H groups in total. The van der Waals surface area contributed by atoms with Crippen LogP contribution >= 0.6 is 0 Å². The zero-order valence-corrected chi connectivity index (χ0v) is 36.8. The smallest absolute Gasteiger partial charge is 0.0714 e. The predicted molar refractivity (Wildman–Crippen MR) is 281 cm³/mol. The van der Waals surface area contributed by atoms with Gasteiger partial charge in [0.05, 0.1) is 16.4 Å². The molecule has 0 fully saturated rings. The van der Waals surface area contributed by atoms with E-state index in [4.69, 9.17) is 0 Å². The van der Waals surface area contributed by atoms with Crippen molar-refractivity contribution in [3.05, 3.63) is 289 Å². The van der Waals surface area contributed by atoms with E-state index in [0.29, 0.717) is 0 Å². The molecular formula is C65H44N2. The number of hydrogen-bond donors (Lipinski definition) is 0. The molecule has 0 spiro atoms. The van der Waals surface area contributed by atoms with Gasteiger partial charge < -0.3 is 9.47 Å². The molecule has 0 aliphatic heterocycles. The summed E-state index contributed by atoms with van der Waals surface area (Å²) < 4.78 is 2.43. The maximum absolute atomic E-state index is 2.45. The molecule has 0 atom stereocenters. The third kappa shape index (κ3) is 6.18. The summed E-state index contributed by atoms with van der Waals surface area (Å²) in [6.45, 7) is 0. The molecule has 67 heavy (non-hydrogen) atoms. The van der Waals surface area contributed by atoms with E-state index in [9.17, 15) is 0 Å². The molecule has 0 bridgehead atoms. The van der Waals surface area contributed by atoms with E-state index in [1.165, 1.54) is 88.2 Å². The van der Waals surface area contributed by atoms with Crippen molar-refractivity contribution < 1.29 is 0 Å². The van der Waals surface area contributed by atoms with Crippen molar-refractivity contribution in [3.8, 4) is 39.1 Å². The number of anilines is 3. The minimum absolute atomic E-state index is 0.504. The largest absolute Gasteiger partial charge is 0.310 e. The molecule has 11 aromatic carbocycles. The van der Waals surface area contributed by atoms with Gasteiger partial charge in [0.1, 0.15) is 0 Å². The standard InChI is InChI=1S/C65H44N2/c1-4-16-45(17-5-1)46-28-35-52(36-29-46)66(55-41-43-58-57-24-12-14-26-61(57)65(62(58)44-55,50-19-6-2-7-20-50)51-21-8-3-9-22-51)53-37-30-47(31-38-53)48-32-39-54(40-33-48)67-63-27-15-13-25-59(63)60-42-34-49-18-10-11-23-56(49)64(60)67/h1-44H. The highest BCUT2D eigenvalue weighted by Gasteiger charge is 2.46. The van der Waals surface area contributed by atoms with E-state index in [1.54, 1.807) is 0 Å². The third-order valence-corrected chi connectivity index (χ3v) is 14.1. The molecule has 2 heteroatoms. The Kier molecular flexibility index (Phi) is 9.11. The summed E-state index contributed by atoms with van der Waals surface area (Å²) in [6.07, 6.45) is 0. The van der Waals surface area contributed by atoms with Gasteiger partial charge >= 0.3 is 0 Å². The van der Waals surface area contributed by atoms with Crippen LogP contribution in [0.25, 0.3) is 71.6 Å². The van der Waals surface area contributed by atoms with Gasteiger partial charge in [-0.1, -0.05) is 212 Å². The fraction of sp³-hybridized carbons (Fsp3) is 0.0154. The van der Waals surface area contributed by atoms with Crippen LogP contribution in [0.3, 0.4) is 0 Å². The van der Waals surface area contributed by atoms with E-state index in [0.717, 1.165) is 22.7 Å². The molecular weight excluding hydrogens is 809 g/mol. The van der Waals surface area contributed by atoms with Crippen molar-refractivity contribution in [1.82, 2.24) is 4.57 Å². The van der Waals surface area contributed by atoms with Gasteiger partial charge in [-0.15, -0.1) is 0 Å². The van der Waals surface area contributed by atoms with Gasteiger partial charge in [0.15, 0.2) is 0 Å². The summed E-state index contributed by atoms with van der Waals surface area (Å²) in [6, 6.07) is 98.0. The first-order valence-electron chi connectivity index (χ1n) is 23.2. The Balaban J connectivity index is 0.932. The minimum Gasteiger partial charge on any atom is -0.310 e. The van der Waals surface area contributed by atoms with Crippen molar-refractivity contribution in [2.75, 3.05) is 4.90 Å². The van der Waals surface area contributed by atoms with Gasteiger partial charge in [-0.25, -0.2) is 0 Å². The average Bonchev–Trinajstić information content (AvgIpc) is 3.91. The molecule has 13 rings (SSSR count). The molecule has 314 valence electrons. The molecule has 12 aromatic rings. The molecule has 0 saturated carbocycles. The van der Waals surface area contributed by atoms with Crippen molar-refractivity contribution in [1.29, 1.82) is 0 Å². The van der Waals surface area contributed by atoms with Crippen molar-refractivity contribution >= 4 is 49.6 Å². The summed E-state index contributed by atoms with van der Waals surface area (Å²) in [5.41, 5.74) is 18.7. The maximum Gasteiger partial charge on any atom is 0.0714 e. The lowest BCUT2D eigenvalue weighted by atomic mass is 9.67. The van der Waals surface area contributed by atoms with Gasteiger partial charge in [0.2, 0.25) is 0 Å². The Morgan fingerprint density at radius 2 is 0.806 bits per heavy atom. The lowest BCUT2D eigenvalue weighted by molar-refractivity contribution is 0.768. The summed E-state index contributed by atoms with van der Waals surface area (Å²) in [4.78, 5) is 2.41. The first-order chi connectivity index (χ1) is 33.2. The number of para-hydroxylation sites is 1. The van der Waals surface area contributed by atoms with Gasteiger partial charge in [-0.05, 0) is 116 Å². The van der Waals surface area contributed by atoms with Gasteiger partial charge in [-0.3, -0.25) is 0 Å². The lowest BCUT2D eigenvalue weighted by Gasteiger charge is -2.35. The van der Waals surface area contributed by atoms with Crippen LogP contribution in [0, 0.1) is 0 Å². The van der Waals surface area contributed by atoms with Crippen LogP contribution in [0.2, 0.25) is 0 Å². The number of nitrogens with zero attached hydrogens (tertiary/aromatic N) is 2. The zero-order chi connectivity index (χ0) is 44.3. The average molecular weight is 853 g/mol. The van der Waals surface area contributed by atoms with E-state index in [2.05, 4.69) is 276 Å². The molecule has 1 heterocycles. The van der Waals surface area contributed by atoms with Crippen LogP contribution in [0.15, 0.2) is 267 Å². The van der Waals surface area contributed by atoms with Crippen LogP contribution in [-0.2, 0) is 5.41 Å². The summed E-state index contributed by atoms with van der Waals surface area (Å²) >= 11 is 0. The first kappa shape index (κ1) is 38.7. The topological polar surface area (TPSA) is 8.17 Å². The second-order valence-electron chi connectivity index (χ2n) is 17.6. The van der Waals surface area contributed by atoms with Crippen molar-refractivity contribution in [2.45, 2.75) is 5.41 Å². The van der Waals surface area contributed by atoms with Gasteiger partial charge in [0.25, 0.3) is 0 Å². The van der Waals surface area contributed by atoms with Gasteiger partial charge in [-0.2, -0.15) is 0 Å². The Morgan fingerprint density at radius 3 is 1.46 bits per heavy atom. The van der Waals surface area contributed by atoms with Crippen molar-refractivity contribution in [2.24, 2.45) is 0 Å². The number of fused-ring (bicyclic) bond motifs is 8. The van der Waals surface area contributed by atoms with Crippen molar-refractivity contribution in [3.63, 3.8) is 0 Å². The molecule has 0 saturated heterocycles. The number of aromatic nitrogens is 1. The quantitative estimate of drug-likeness (QED) is 0.148. The Bertz CT molecular complexity index is 3720. The highest BCUT2D eigenvalue weighted by Crippen LogP contribution is 2.57. The minimum atomic E-state index is -0.504. The molecule has 0 amide bonds. The Hall–Kier alpha value is -8.72. The molecule has 1 aromatic heterocycles. The maximum atomic E-state index is 2.45. The summed E-state index contributed by atoms with van der Waals surface area (Å²) in [5, 5.41) is 5.04. The van der Waals surface area contributed by atoms with Crippen LogP contribution in [0.5, 0.6) is 0 Å². The molecule has 0 unspecified atom stereocenters. The SMILES string of the molecule is c1ccc(-c2ccc(N(c3ccc(-c4ccc(-n5c6ccccc6c6ccc7ccccc7c65)cc4)cc3)c3ccc4c(c3)C(c3ccccc3)(c3ccccc3)c3ccccc3-4)cc2)cc1. The lowest BCUT2D eigenvalue weighted by Crippen LogP contribution is -2.28. The molecule has 1 aliphatic carbocycles. The number of benzene rings is 11. The normalized spacial score (nSPS) is 12.6. The van der Waals surface area contributed by atoms with E-state index < -0.39 is 5.41 Å². The first-order valence-corrected chi connectivity index (χ1v) is 23.2. The number of hydrogen-bond acceptors (Lipinski definition) is 1. The molecule has 1 aliphatic rings. The fourth-order valence-corrected chi connectivity index (χ4v) is 11.1. The summed E-state index contributed by atoms with van der Waals surface area (Å²) in [7, 11) is 0. The Morgan fingerprint density at radius 1 is 0.313 bits per heavy atom. The summed E-state index contributed by atoms with van der Waals surface area (Å²) in [5.74, 6) is 0. The zero-order valence-electron chi connectivity index (χ0n) is 36.8. The fourth-order valence-electron chi connectivity index (χ4n) is 11.1. The molecule has 2 nitrogen and oxygen atoms in total. The third-order valence-electron chi connectivity index (χ3n) is 14.1. The molecule has 0 radical (unpaired) electrons. The second-order valence-corrected chi connectivity index (χ2v) is 17.6.